The molecule has 36 heavy (non-hydrogen) atoms. The van der Waals surface area contributed by atoms with E-state index in [-0.39, 0.29) is 21.8 Å². The molecule has 0 spiro atoms. The summed E-state index contributed by atoms with van der Waals surface area (Å²) < 4.78 is 55.8. The molecular formula is C19H10F4N10O3. The molecular weight excluding hydrogens is 492 g/mol. The molecule has 0 saturated carbocycles. The smallest absolute Gasteiger partial charge is 0.434 e. The minimum absolute atomic E-state index is 0.0254. The number of carbonyl (C=O) groups excluding carboxylic acids is 1. The van der Waals surface area contributed by atoms with E-state index < -0.39 is 46.9 Å². The van der Waals surface area contributed by atoms with Crippen molar-refractivity contribution in [3.05, 3.63) is 65.6 Å². The summed E-state index contributed by atoms with van der Waals surface area (Å²) in [5, 5.41) is 33.1. The van der Waals surface area contributed by atoms with Crippen LogP contribution < -0.4 is 10.6 Å². The molecule has 17 heteroatoms. The summed E-state index contributed by atoms with van der Waals surface area (Å²) in [5.74, 6) is -3.85. The molecule has 0 aromatic carbocycles. The number of alkyl halides is 3. The van der Waals surface area contributed by atoms with Gasteiger partial charge in [-0.1, -0.05) is 0 Å². The number of rotatable bonds is 5. The summed E-state index contributed by atoms with van der Waals surface area (Å²) in [6, 6.07) is 4.48. The number of hydrogen-bond acceptors (Lipinski definition) is 8. The lowest BCUT2D eigenvalue weighted by Crippen LogP contribution is -2.21. The zero-order chi connectivity index (χ0) is 26.0. The predicted octanol–water partition coefficient (Wildman–Crippen LogP) is 2.61. The number of carbonyl (C=O) groups is 2. The van der Waals surface area contributed by atoms with Crippen LogP contribution >= 0.6 is 0 Å². The highest BCUT2D eigenvalue weighted by atomic mass is 19.4. The molecule has 0 fully saturated rings. The fourth-order valence-electron chi connectivity index (χ4n) is 2.99. The highest BCUT2D eigenvalue weighted by Gasteiger charge is 2.41. The van der Waals surface area contributed by atoms with E-state index in [4.69, 9.17) is 5.11 Å². The first-order valence-electron chi connectivity index (χ1n) is 9.48. The Morgan fingerprint density at radius 3 is 2.44 bits per heavy atom. The van der Waals surface area contributed by atoms with Gasteiger partial charge < -0.3 is 10.4 Å². The van der Waals surface area contributed by atoms with Gasteiger partial charge in [0.2, 0.25) is 0 Å². The third-order valence-corrected chi connectivity index (χ3v) is 4.41. The topological polar surface area (TPSA) is 177 Å². The normalized spacial score (nSPS) is 11.1. The van der Waals surface area contributed by atoms with Gasteiger partial charge in [-0.25, -0.2) is 23.8 Å². The highest BCUT2D eigenvalue weighted by Crippen LogP contribution is 2.34. The number of nitriles is 1. The van der Waals surface area contributed by atoms with Crippen molar-refractivity contribution in [1.82, 2.24) is 34.7 Å². The third kappa shape index (κ3) is 4.63. The fraction of sp³-hybridized carbons (Fsp3) is 0.0526. The van der Waals surface area contributed by atoms with Gasteiger partial charge >= 0.3 is 12.3 Å². The maximum atomic E-state index is 13.9. The Kier molecular flexibility index (Phi) is 6.00. The maximum absolute atomic E-state index is 13.9. The second-order valence-electron chi connectivity index (χ2n) is 6.73. The van der Waals surface area contributed by atoms with Crippen molar-refractivity contribution < 1.29 is 32.3 Å². The maximum Gasteiger partial charge on any atom is 0.434 e. The number of aromatic nitrogens is 7. The average Bonchev–Trinajstić information content (AvgIpc) is 3.50. The summed E-state index contributed by atoms with van der Waals surface area (Å²) in [5.41, 5.74) is -2.69. The summed E-state index contributed by atoms with van der Waals surface area (Å²) in [4.78, 5) is 32.0. The van der Waals surface area contributed by atoms with E-state index in [0.717, 1.165) is 23.1 Å². The molecule has 4 aromatic rings. The van der Waals surface area contributed by atoms with Crippen molar-refractivity contribution in [1.29, 1.82) is 5.26 Å². The van der Waals surface area contributed by atoms with E-state index in [0.29, 0.717) is 12.3 Å². The zero-order valence-electron chi connectivity index (χ0n) is 17.4. The van der Waals surface area contributed by atoms with Crippen molar-refractivity contribution in [2.75, 3.05) is 10.6 Å². The number of anilines is 2. The van der Waals surface area contributed by atoms with Gasteiger partial charge in [0.05, 0.1) is 36.0 Å². The first-order valence-corrected chi connectivity index (χ1v) is 9.48. The Morgan fingerprint density at radius 1 is 1.08 bits per heavy atom. The van der Waals surface area contributed by atoms with E-state index in [1.165, 1.54) is 12.4 Å². The summed E-state index contributed by atoms with van der Waals surface area (Å²) in [7, 11) is 0. The highest BCUT2D eigenvalue weighted by molar-refractivity contribution is 6.05. The minimum Gasteiger partial charge on any atom is -0.465 e. The van der Waals surface area contributed by atoms with Crippen LogP contribution in [0.5, 0.6) is 0 Å². The van der Waals surface area contributed by atoms with E-state index in [9.17, 15) is 32.4 Å². The van der Waals surface area contributed by atoms with Crippen LogP contribution in [0.4, 0.5) is 33.9 Å². The van der Waals surface area contributed by atoms with Crippen molar-refractivity contribution in [2.45, 2.75) is 6.18 Å². The number of nitrogens with one attached hydrogen (secondary N) is 2. The molecule has 4 rings (SSSR count). The lowest BCUT2D eigenvalue weighted by atomic mass is 10.2. The fourth-order valence-corrected chi connectivity index (χ4v) is 2.99. The second-order valence-corrected chi connectivity index (χ2v) is 6.73. The molecule has 0 bridgehead atoms. The Bertz CT molecular complexity index is 1510. The molecule has 182 valence electrons. The molecule has 0 aliphatic rings. The van der Waals surface area contributed by atoms with Crippen LogP contribution in [-0.4, -0.2) is 51.8 Å². The summed E-state index contributed by atoms with van der Waals surface area (Å²) >= 11 is 0. The first-order chi connectivity index (χ1) is 17.1. The Labute approximate surface area is 196 Å². The average molecular weight is 502 g/mol. The van der Waals surface area contributed by atoms with Crippen LogP contribution in [0.25, 0.3) is 11.6 Å². The van der Waals surface area contributed by atoms with Crippen LogP contribution in [0.1, 0.15) is 21.6 Å². The van der Waals surface area contributed by atoms with E-state index >= 15 is 0 Å². The van der Waals surface area contributed by atoms with Crippen LogP contribution in [0.2, 0.25) is 0 Å². The number of pyridine rings is 2. The number of hydrogen-bond donors (Lipinski definition) is 3. The number of carboxylic acid groups (broad SMARTS) is 1. The van der Waals surface area contributed by atoms with Crippen LogP contribution in [0.15, 0.2) is 43.0 Å². The molecule has 0 aliphatic heterocycles. The van der Waals surface area contributed by atoms with Gasteiger partial charge in [0.1, 0.15) is 11.6 Å². The molecule has 2 amide bonds. The molecule has 13 nitrogen and oxygen atoms in total. The van der Waals surface area contributed by atoms with Crippen molar-refractivity contribution in [2.24, 2.45) is 0 Å². The molecule has 0 unspecified atom stereocenters. The largest absolute Gasteiger partial charge is 0.465 e. The van der Waals surface area contributed by atoms with E-state index in [2.05, 4.69) is 30.6 Å². The van der Waals surface area contributed by atoms with Crippen LogP contribution in [0.3, 0.4) is 0 Å². The van der Waals surface area contributed by atoms with Gasteiger partial charge in [-0.05, 0) is 18.2 Å². The monoisotopic (exact) mass is 502 g/mol. The van der Waals surface area contributed by atoms with Crippen molar-refractivity contribution in [3.8, 4) is 17.7 Å². The van der Waals surface area contributed by atoms with Gasteiger partial charge in [0.15, 0.2) is 29.0 Å². The van der Waals surface area contributed by atoms with Gasteiger partial charge in [-0.15, -0.1) is 4.80 Å². The van der Waals surface area contributed by atoms with Gasteiger partial charge in [-0.3, -0.25) is 10.1 Å². The van der Waals surface area contributed by atoms with Crippen LogP contribution in [-0.2, 0) is 6.18 Å². The number of halogens is 4. The predicted molar refractivity (Wildman–Crippen MR) is 110 cm³/mol. The number of amides is 2. The molecule has 3 N–H and O–H groups in total. The van der Waals surface area contributed by atoms with Crippen LogP contribution in [0, 0.1) is 17.1 Å². The standard InChI is InChI=1S/C19H10F4N10O3/c20-12-1-2-13(30-15(12)31-18(35)36)32-14(19(21,22)23)11(8-28-32)17(34)29-10-5-9(6-24)16(25-7-10)33-26-3-4-27-33/h1-5,7-8H,(H,29,34)(H,30,31)(H,35,36). The van der Waals surface area contributed by atoms with E-state index in [1.54, 1.807) is 5.32 Å². The van der Waals surface area contributed by atoms with Gasteiger partial charge in [0, 0.05) is 0 Å². The third-order valence-electron chi connectivity index (χ3n) is 4.41. The molecule has 0 atom stereocenters. The lowest BCUT2D eigenvalue weighted by molar-refractivity contribution is -0.143. The van der Waals surface area contributed by atoms with Crippen molar-refractivity contribution >= 4 is 23.5 Å². The number of nitrogens with zero attached hydrogens (tertiary/aromatic N) is 8. The summed E-state index contributed by atoms with van der Waals surface area (Å²) in [6.45, 7) is 0. The lowest BCUT2D eigenvalue weighted by Gasteiger charge is -2.13. The van der Waals surface area contributed by atoms with Crippen molar-refractivity contribution in [3.63, 3.8) is 0 Å². The molecule has 0 saturated heterocycles. The van der Waals surface area contributed by atoms with E-state index in [1.807, 2.05) is 6.07 Å². The molecule has 0 radical (unpaired) electrons. The van der Waals surface area contributed by atoms with Gasteiger partial charge in [-0.2, -0.15) is 33.7 Å². The Hall–Kier alpha value is -5.40. The Morgan fingerprint density at radius 2 is 1.81 bits per heavy atom. The first kappa shape index (κ1) is 23.7. The molecule has 4 heterocycles. The molecule has 4 aromatic heterocycles. The SMILES string of the molecule is N#Cc1cc(NC(=O)c2cnn(-c3ccc(F)c(NC(=O)O)n3)c2C(F)(F)F)cnc1-n1nccn1. The van der Waals surface area contributed by atoms with Gasteiger partial charge in [0.25, 0.3) is 5.91 Å². The minimum atomic E-state index is -5.13. The molecule has 0 aliphatic carbocycles. The Balaban J connectivity index is 1.70. The zero-order valence-corrected chi connectivity index (χ0v) is 17.4. The second kappa shape index (κ2) is 9.09. The quantitative estimate of drug-likeness (QED) is 0.346. The summed E-state index contributed by atoms with van der Waals surface area (Å²) in [6.07, 6.45) is -2.47.